The number of carbonyl (C=O) groups excluding carboxylic acids is 1. The number of rotatable bonds is 25. The summed E-state index contributed by atoms with van der Waals surface area (Å²) in [6, 6.07) is 3.28. The van der Waals surface area contributed by atoms with Gasteiger partial charge >= 0.3 is 0 Å². The van der Waals surface area contributed by atoms with E-state index >= 15 is 0 Å². The van der Waals surface area contributed by atoms with Crippen molar-refractivity contribution in [2.24, 2.45) is 0 Å². The Labute approximate surface area is 241 Å². The maximum Gasteiger partial charge on any atom is 0.188 e. The SMILES string of the molecule is CCCCCCCCCCCC(=O)SCCC[SiH]1CCCCCCN1C(CCCCCCO)CCOCO. The highest BCUT2D eigenvalue weighted by molar-refractivity contribution is 8.13. The molecule has 0 bridgehead atoms. The van der Waals surface area contributed by atoms with Gasteiger partial charge in [-0.2, -0.15) is 0 Å². The van der Waals surface area contributed by atoms with E-state index in [2.05, 4.69) is 11.5 Å². The van der Waals surface area contributed by atoms with Gasteiger partial charge in [-0.25, -0.2) is 0 Å². The van der Waals surface area contributed by atoms with Crippen LogP contribution in [0.4, 0.5) is 0 Å². The monoisotopic (exact) mass is 573 g/mol. The van der Waals surface area contributed by atoms with Gasteiger partial charge in [0.15, 0.2) is 5.12 Å². The van der Waals surface area contributed by atoms with Gasteiger partial charge in [-0.15, -0.1) is 0 Å². The van der Waals surface area contributed by atoms with E-state index in [4.69, 9.17) is 14.9 Å². The first-order valence-corrected chi connectivity index (χ1v) is 19.6. The molecule has 0 aromatic rings. The van der Waals surface area contributed by atoms with Gasteiger partial charge in [-0.1, -0.05) is 109 Å². The van der Waals surface area contributed by atoms with E-state index in [-0.39, 0.29) is 6.79 Å². The van der Waals surface area contributed by atoms with Crippen LogP contribution in [0.1, 0.15) is 142 Å². The third kappa shape index (κ3) is 20.0. The molecule has 0 radical (unpaired) electrons. The number of nitrogens with zero attached hydrogens (tertiary/aromatic N) is 1. The van der Waals surface area contributed by atoms with Crippen LogP contribution in [-0.4, -0.2) is 67.2 Å². The first-order valence-electron chi connectivity index (χ1n) is 16.4. The second kappa shape index (κ2) is 27.3. The highest BCUT2D eigenvalue weighted by Crippen LogP contribution is 2.26. The van der Waals surface area contributed by atoms with Crippen LogP contribution in [0.5, 0.6) is 0 Å². The average molecular weight is 574 g/mol. The van der Waals surface area contributed by atoms with Crippen LogP contribution in [0, 0.1) is 0 Å². The third-order valence-corrected chi connectivity index (χ3v) is 13.0. The Morgan fingerprint density at radius 3 is 2.26 bits per heavy atom. The molecule has 1 heterocycles. The molecule has 7 heteroatoms. The topological polar surface area (TPSA) is 70.0 Å². The molecule has 1 aliphatic heterocycles. The number of carbonyl (C=O) groups is 1. The molecule has 2 N–H and O–H groups in total. The Bertz CT molecular complexity index is 528. The quantitative estimate of drug-likeness (QED) is 0.0659. The van der Waals surface area contributed by atoms with Crippen molar-refractivity contribution in [3.63, 3.8) is 0 Å². The van der Waals surface area contributed by atoms with Crippen molar-refractivity contribution in [2.75, 3.05) is 32.3 Å². The number of unbranched alkanes of at least 4 members (excludes halogenated alkanes) is 11. The molecule has 2 atom stereocenters. The molecule has 0 spiro atoms. The van der Waals surface area contributed by atoms with Gasteiger partial charge < -0.3 is 19.5 Å². The van der Waals surface area contributed by atoms with E-state index in [1.807, 2.05) is 0 Å². The summed E-state index contributed by atoms with van der Waals surface area (Å²) >= 11 is 1.60. The van der Waals surface area contributed by atoms with Crippen LogP contribution < -0.4 is 0 Å². The first-order chi connectivity index (χ1) is 18.7. The van der Waals surface area contributed by atoms with E-state index in [0.717, 1.165) is 37.9 Å². The minimum absolute atomic E-state index is 0.186. The summed E-state index contributed by atoms with van der Waals surface area (Å²) in [4.78, 5) is 12.4. The van der Waals surface area contributed by atoms with Gasteiger partial charge in [0.05, 0.1) is 6.61 Å². The lowest BCUT2D eigenvalue weighted by atomic mass is 10.0. The summed E-state index contributed by atoms with van der Waals surface area (Å²) in [5.41, 5.74) is 0. The molecule has 1 fully saturated rings. The van der Waals surface area contributed by atoms with Crippen molar-refractivity contribution in [3.05, 3.63) is 0 Å². The molecule has 0 saturated carbocycles. The Kier molecular flexibility index (Phi) is 25.9. The van der Waals surface area contributed by atoms with E-state index in [0.29, 0.717) is 24.4 Å². The molecule has 1 aliphatic rings. The van der Waals surface area contributed by atoms with Crippen molar-refractivity contribution in [3.8, 4) is 0 Å². The summed E-state index contributed by atoms with van der Waals surface area (Å²) in [5, 5.41) is 18.6. The Morgan fingerprint density at radius 1 is 0.842 bits per heavy atom. The fraction of sp³-hybridized carbons (Fsp3) is 0.968. The van der Waals surface area contributed by atoms with Crippen LogP contribution >= 0.6 is 11.8 Å². The van der Waals surface area contributed by atoms with Crippen molar-refractivity contribution in [2.45, 2.75) is 160 Å². The smallest absolute Gasteiger partial charge is 0.188 e. The molecule has 0 aromatic heterocycles. The summed E-state index contributed by atoms with van der Waals surface area (Å²) < 4.78 is 8.28. The molecule has 38 heavy (non-hydrogen) atoms. The zero-order valence-electron chi connectivity index (χ0n) is 25.0. The lowest BCUT2D eigenvalue weighted by Crippen LogP contribution is -2.48. The third-order valence-electron chi connectivity index (χ3n) is 8.20. The van der Waals surface area contributed by atoms with E-state index in [1.54, 1.807) is 11.8 Å². The molecular formula is C31H63NO4SSi. The van der Waals surface area contributed by atoms with Crippen molar-refractivity contribution < 1.29 is 19.7 Å². The normalized spacial score (nSPS) is 17.8. The fourth-order valence-electron chi connectivity index (χ4n) is 5.93. The predicted octanol–water partition coefficient (Wildman–Crippen LogP) is 7.82. The zero-order chi connectivity index (χ0) is 27.5. The molecule has 1 rings (SSSR count). The van der Waals surface area contributed by atoms with E-state index < -0.39 is 8.96 Å². The van der Waals surface area contributed by atoms with E-state index in [1.165, 1.54) is 121 Å². The minimum Gasteiger partial charge on any atom is -0.396 e. The average Bonchev–Trinajstić information content (AvgIpc) is 2.90. The molecule has 226 valence electrons. The number of hydrogen-bond acceptors (Lipinski definition) is 6. The number of thioether (sulfide) groups is 1. The largest absolute Gasteiger partial charge is 0.396 e. The van der Waals surface area contributed by atoms with Crippen molar-refractivity contribution >= 4 is 25.8 Å². The number of aliphatic hydroxyl groups excluding tert-OH is 2. The first kappa shape index (κ1) is 36.1. The zero-order valence-corrected chi connectivity index (χ0v) is 27.0. The minimum atomic E-state index is -1.05. The van der Waals surface area contributed by atoms with Gasteiger partial charge in [-0.3, -0.25) is 4.79 Å². The second-order valence-corrected chi connectivity index (χ2v) is 15.7. The summed E-state index contributed by atoms with van der Waals surface area (Å²) in [6.07, 6.45) is 25.7. The lowest BCUT2D eigenvalue weighted by Gasteiger charge is -2.39. The molecule has 5 nitrogen and oxygen atoms in total. The summed E-state index contributed by atoms with van der Waals surface area (Å²) in [6.45, 7) is 4.24. The Hall–Kier alpha value is 0.0769. The summed E-state index contributed by atoms with van der Waals surface area (Å²) in [7, 11) is -1.05. The molecular weight excluding hydrogens is 510 g/mol. The molecule has 1 saturated heterocycles. The molecule has 0 amide bonds. The maximum absolute atomic E-state index is 12.4. The lowest BCUT2D eigenvalue weighted by molar-refractivity contribution is -0.111. The van der Waals surface area contributed by atoms with Gasteiger partial charge in [0.25, 0.3) is 0 Å². The van der Waals surface area contributed by atoms with Gasteiger partial charge in [-0.05, 0) is 57.2 Å². The molecule has 2 unspecified atom stereocenters. The van der Waals surface area contributed by atoms with Crippen molar-refractivity contribution in [1.82, 2.24) is 4.57 Å². The van der Waals surface area contributed by atoms with Crippen LogP contribution in [0.25, 0.3) is 0 Å². The number of hydrogen-bond donors (Lipinski definition) is 2. The fourth-order valence-corrected chi connectivity index (χ4v) is 10.9. The van der Waals surface area contributed by atoms with Crippen LogP contribution in [0.3, 0.4) is 0 Å². The second-order valence-electron chi connectivity index (χ2n) is 11.4. The number of ether oxygens (including phenoxy) is 1. The summed E-state index contributed by atoms with van der Waals surface area (Å²) in [5.74, 6) is 0.993. The Balaban J connectivity index is 2.38. The highest BCUT2D eigenvalue weighted by atomic mass is 32.2. The van der Waals surface area contributed by atoms with Gasteiger partial charge in [0.2, 0.25) is 0 Å². The highest BCUT2D eigenvalue weighted by Gasteiger charge is 2.27. The predicted molar refractivity (Wildman–Crippen MR) is 167 cm³/mol. The van der Waals surface area contributed by atoms with Crippen LogP contribution in [0.2, 0.25) is 12.1 Å². The molecule has 0 aliphatic carbocycles. The van der Waals surface area contributed by atoms with E-state index in [9.17, 15) is 4.79 Å². The van der Waals surface area contributed by atoms with Crippen LogP contribution in [-0.2, 0) is 9.53 Å². The van der Waals surface area contributed by atoms with Crippen LogP contribution in [0.15, 0.2) is 0 Å². The standard InChI is InChI=1S/C31H63NO4SSi/c1-2-3-4-5-6-7-8-9-15-21-31(35)37-26-19-28-38-27-18-13-11-16-23-32(38)30(22-25-36-29-34)20-14-10-12-17-24-33/h30,33-34,38H,2-29H2,1H3. The van der Waals surface area contributed by atoms with Crippen molar-refractivity contribution in [1.29, 1.82) is 0 Å². The van der Waals surface area contributed by atoms with Gasteiger partial charge in [0.1, 0.15) is 15.8 Å². The van der Waals surface area contributed by atoms with Gasteiger partial charge in [0, 0.05) is 24.8 Å². The number of aliphatic hydroxyl groups is 2. The Morgan fingerprint density at radius 2 is 1.53 bits per heavy atom. The molecule has 0 aromatic carbocycles. The maximum atomic E-state index is 12.4.